The zero-order chi connectivity index (χ0) is 10.3. The smallest absolute Gasteiger partial charge is 0.0710 e. The van der Waals surface area contributed by atoms with Gasteiger partial charge in [0.05, 0.1) is 11.0 Å². The molecular weight excluding hydrogens is 252 g/mol. The molecule has 3 heteroatoms. The summed E-state index contributed by atoms with van der Waals surface area (Å²) in [5, 5.41) is 2.28. The highest BCUT2D eigenvalue weighted by Crippen LogP contribution is 2.24. The summed E-state index contributed by atoms with van der Waals surface area (Å²) in [7, 11) is 0. The van der Waals surface area contributed by atoms with Gasteiger partial charge in [0.2, 0.25) is 0 Å². The number of hydrogen-bond donors (Lipinski definition) is 0. The van der Waals surface area contributed by atoms with Crippen molar-refractivity contribution in [3.8, 4) is 0 Å². The molecule has 3 rings (SSSR count). The molecule has 72 valence electrons. The van der Waals surface area contributed by atoms with E-state index in [2.05, 4.69) is 38.0 Å². The van der Waals surface area contributed by atoms with Crippen LogP contribution in [0.15, 0.2) is 47.2 Å². The fourth-order valence-electron chi connectivity index (χ4n) is 1.73. The Hall–Kier alpha value is -1.48. The summed E-state index contributed by atoms with van der Waals surface area (Å²) < 4.78 is 0.992. The Kier molecular flexibility index (Phi) is 1.92. The van der Waals surface area contributed by atoms with Crippen LogP contribution in [0.1, 0.15) is 0 Å². The van der Waals surface area contributed by atoms with Crippen molar-refractivity contribution in [2.24, 2.45) is 0 Å². The standard InChI is InChI=1S/C12H7BrN2/c13-8-6-10-9-2-1-5-14-11(9)3-4-12(10)15-7-8/h1-7H. The molecule has 3 aromatic rings. The number of fused-ring (bicyclic) bond motifs is 3. The Morgan fingerprint density at radius 1 is 0.933 bits per heavy atom. The van der Waals surface area contributed by atoms with Gasteiger partial charge in [-0.3, -0.25) is 9.97 Å². The number of hydrogen-bond acceptors (Lipinski definition) is 2. The maximum Gasteiger partial charge on any atom is 0.0710 e. The molecule has 0 aliphatic rings. The average molecular weight is 259 g/mol. The third-order valence-electron chi connectivity index (χ3n) is 2.41. The predicted molar refractivity (Wildman–Crippen MR) is 64.7 cm³/mol. The van der Waals surface area contributed by atoms with Gasteiger partial charge in [-0.1, -0.05) is 6.07 Å². The lowest BCUT2D eigenvalue weighted by Crippen LogP contribution is -1.83. The Balaban J connectivity index is 2.57. The minimum atomic E-state index is 0.992. The van der Waals surface area contributed by atoms with Gasteiger partial charge >= 0.3 is 0 Å². The van der Waals surface area contributed by atoms with E-state index < -0.39 is 0 Å². The normalized spacial score (nSPS) is 11.0. The number of benzene rings is 1. The summed E-state index contributed by atoms with van der Waals surface area (Å²) in [5.41, 5.74) is 2.00. The van der Waals surface area contributed by atoms with Crippen molar-refractivity contribution in [2.75, 3.05) is 0 Å². The minimum Gasteiger partial charge on any atom is -0.256 e. The van der Waals surface area contributed by atoms with E-state index in [0.29, 0.717) is 0 Å². The van der Waals surface area contributed by atoms with Crippen LogP contribution < -0.4 is 0 Å². The van der Waals surface area contributed by atoms with E-state index in [4.69, 9.17) is 0 Å². The van der Waals surface area contributed by atoms with Gasteiger partial charge in [0.25, 0.3) is 0 Å². The molecule has 0 bridgehead atoms. The number of aromatic nitrogens is 2. The SMILES string of the molecule is Brc1cnc2ccc3ncccc3c2c1. The fourth-order valence-corrected chi connectivity index (χ4v) is 2.07. The first-order valence-electron chi connectivity index (χ1n) is 4.63. The molecule has 0 aliphatic heterocycles. The lowest BCUT2D eigenvalue weighted by atomic mass is 10.1. The lowest BCUT2D eigenvalue weighted by molar-refractivity contribution is 1.38. The summed E-state index contributed by atoms with van der Waals surface area (Å²) in [6.07, 6.45) is 3.62. The van der Waals surface area contributed by atoms with E-state index in [-0.39, 0.29) is 0 Å². The predicted octanol–water partition coefficient (Wildman–Crippen LogP) is 3.55. The van der Waals surface area contributed by atoms with Crippen molar-refractivity contribution in [1.29, 1.82) is 0 Å². The Labute approximate surface area is 95.1 Å². The first-order chi connectivity index (χ1) is 7.34. The number of rotatable bonds is 0. The first-order valence-corrected chi connectivity index (χ1v) is 5.43. The van der Waals surface area contributed by atoms with Crippen molar-refractivity contribution in [1.82, 2.24) is 9.97 Å². The Bertz CT molecular complexity index is 649. The summed E-state index contributed by atoms with van der Waals surface area (Å²) in [5.74, 6) is 0. The molecular formula is C12H7BrN2. The molecule has 2 nitrogen and oxygen atoms in total. The molecule has 0 atom stereocenters. The lowest BCUT2D eigenvalue weighted by Gasteiger charge is -2.02. The largest absolute Gasteiger partial charge is 0.256 e. The summed E-state index contributed by atoms with van der Waals surface area (Å²) in [6, 6.07) is 10.1. The maximum absolute atomic E-state index is 4.36. The molecule has 2 heterocycles. The molecule has 0 N–H and O–H groups in total. The zero-order valence-corrected chi connectivity index (χ0v) is 9.40. The molecule has 0 saturated carbocycles. The third kappa shape index (κ3) is 1.39. The maximum atomic E-state index is 4.36. The molecule has 0 aliphatic carbocycles. The van der Waals surface area contributed by atoms with Crippen LogP contribution in [0.25, 0.3) is 21.8 Å². The zero-order valence-electron chi connectivity index (χ0n) is 7.81. The highest BCUT2D eigenvalue weighted by atomic mass is 79.9. The van der Waals surface area contributed by atoms with E-state index in [1.807, 2.05) is 24.4 Å². The average Bonchev–Trinajstić information content (AvgIpc) is 2.29. The van der Waals surface area contributed by atoms with Crippen LogP contribution in [0, 0.1) is 0 Å². The fraction of sp³-hybridized carbons (Fsp3) is 0. The second-order valence-corrected chi connectivity index (χ2v) is 4.27. The molecule has 0 amide bonds. The molecule has 0 spiro atoms. The van der Waals surface area contributed by atoms with Crippen LogP contribution in [0.2, 0.25) is 0 Å². The number of halogens is 1. The topological polar surface area (TPSA) is 25.8 Å². The number of nitrogens with zero attached hydrogens (tertiary/aromatic N) is 2. The van der Waals surface area contributed by atoms with Crippen molar-refractivity contribution in [3.05, 3.63) is 47.2 Å². The molecule has 0 saturated heterocycles. The van der Waals surface area contributed by atoms with E-state index in [9.17, 15) is 0 Å². The Morgan fingerprint density at radius 2 is 1.73 bits per heavy atom. The van der Waals surface area contributed by atoms with Gasteiger partial charge < -0.3 is 0 Å². The second kappa shape index (κ2) is 3.28. The van der Waals surface area contributed by atoms with Gasteiger partial charge in [-0.05, 0) is 40.2 Å². The van der Waals surface area contributed by atoms with E-state index >= 15 is 0 Å². The monoisotopic (exact) mass is 258 g/mol. The van der Waals surface area contributed by atoms with Gasteiger partial charge in [-0.25, -0.2) is 0 Å². The summed E-state index contributed by atoms with van der Waals surface area (Å²) in [6.45, 7) is 0. The molecule has 0 radical (unpaired) electrons. The van der Waals surface area contributed by atoms with Crippen LogP contribution >= 0.6 is 15.9 Å². The van der Waals surface area contributed by atoms with Crippen LogP contribution in [-0.2, 0) is 0 Å². The molecule has 1 aromatic carbocycles. The van der Waals surface area contributed by atoms with Crippen LogP contribution in [0.3, 0.4) is 0 Å². The van der Waals surface area contributed by atoms with Gasteiger partial charge in [0.1, 0.15) is 0 Å². The van der Waals surface area contributed by atoms with Crippen LogP contribution in [0.5, 0.6) is 0 Å². The molecule has 15 heavy (non-hydrogen) atoms. The van der Waals surface area contributed by atoms with Gasteiger partial charge in [-0.2, -0.15) is 0 Å². The van der Waals surface area contributed by atoms with Crippen molar-refractivity contribution in [2.45, 2.75) is 0 Å². The highest BCUT2D eigenvalue weighted by molar-refractivity contribution is 9.10. The van der Waals surface area contributed by atoms with Crippen molar-refractivity contribution < 1.29 is 0 Å². The van der Waals surface area contributed by atoms with Crippen molar-refractivity contribution >= 4 is 37.7 Å². The molecule has 0 fully saturated rings. The van der Waals surface area contributed by atoms with Crippen LogP contribution in [-0.4, -0.2) is 9.97 Å². The Morgan fingerprint density at radius 3 is 2.60 bits per heavy atom. The van der Waals surface area contributed by atoms with Gasteiger partial charge in [0.15, 0.2) is 0 Å². The first kappa shape index (κ1) is 8.80. The van der Waals surface area contributed by atoms with Gasteiger partial charge in [-0.15, -0.1) is 0 Å². The quantitative estimate of drug-likeness (QED) is 0.577. The third-order valence-corrected chi connectivity index (χ3v) is 2.85. The van der Waals surface area contributed by atoms with Crippen LogP contribution in [0.4, 0.5) is 0 Å². The van der Waals surface area contributed by atoms with E-state index in [1.165, 1.54) is 0 Å². The van der Waals surface area contributed by atoms with Crippen molar-refractivity contribution in [3.63, 3.8) is 0 Å². The van der Waals surface area contributed by atoms with Gasteiger partial charge in [0, 0.05) is 27.6 Å². The number of pyridine rings is 2. The van der Waals surface area contributed by atoms with E-state index in [0.717, 1.165) is 26.3 Å². The summed E-state index contributed by atoms with van der Waals surface area (Å²) in [4.78, 5) is 8.67. The summed E-state index contributed by atoms with van der Waals surface area (Å²) >= 11 is 3.44. The van der Waals surface area contributed by atoms with E-state index in [1.54, 1.807) is 6.20 Å². The molecule has 0 unspecified atom stereocenters. The highest BCUT2D eigenvalue weighted by Gasteiger charge is 2.01. The molecule has 2 aromatic heterocycles. The minimum absolute atomic E-state index is 0.992. The second-order valence-electron chi connectivity index (χ2n) is 3.36.